The van der Waals surface area contributed by atoms with Crippen molar-refractivity contribution in [3.63, 3.8) is 0 Å². The summed E-state index contributed by atoms with van der Waals surface area (Å²) in [6.07, 6.45) is 4.85. The number of nitrogens with one attached hydrogen (secondary N) is 7. The van der Waals surface area contributed by atoms with Crippen LogP contribution in [0.1, 0.15) is 105 Å². The van der Waals surface area contributed by atoms with Gasteiger partial charge in [-0.25, -0.2) is 4.79 Å². The van der Waals surface area contributed by atoms with E-state index >= 15 is 0 Å². The van der Waals surface area contributed by atoms with Crippen molar-refractivity contribution in [3.05, 3.63) is 36.0 Å². The summed E-state index contributed by atoms with van der Waals surface area (Å²) >= 11 is 0. The molecule has 0 unspecified atom stereocenters. The monoisotopic (exact) mass is 882 g/mol. The Balaban J connectivity index is 1.92. The van der Waals surface area contributed by atoms with E-state index in [1.165, 1.54) is 11.8 Å². The number of aliphatic carboxylic acids is 1. The number of benzene rings is 1. The van der Waals surface area contributed by atoms with Gasteiger partial charge in [0.2, 0.25) is 35.4 Å². The third-order valence-corrected chi connectivity index (χ3v) is 10.9. The molecule has 0 spiro atoms. The van der Waals surface area contributed by atoms with Crippen LogP contribution in [0.15, 0.2) is 35.5 Å². The summed E-state index contributed by atoms with van der Waals surface area (Å²) in [6, 6.07) is 0.838. The molecule has 1 fully saturated rings. The lowest BCUT2D eigenvalue weighted by Gasteiger charge is -2.33. The number of aromatic amines is 1. The highest BCUT2D eigenvalue weighted by molar-refractivity contribution is 5.97. The molecule has 0 radical (unpaired) electrons. The third-order valence-electron chi connectivity index (χ3n) is 10.9. The van der Waals surface area contributed by atoms with E-state index in [4.69, 9.17) is 11.5 Å². The molecule has 350 valence electrons. The zero-order valence-electron chi connectivity index (χ0n) is 38.0. The van der Waals surface area contributed by atoms with E-state index in [0.717, 1.165) is 30.4 Å². The highest BCUT2D eigenvalue weighted by Crippen LogP contribution is 2.24. The number of hydrogen-bond donors (Lipinski definition) is 10. The van der Waals surface area contributed by atoms with Crippen LogP contribution < -0.4 is 43.4 Å². The molecule has 1 aliphatic heterocycles. The molecule has 0 bridgehead atoms. The number of nitrogens with two attached hydrogens (primary N) is 2. The molecule has 6 amide bonds. The van der Waals surface area contributed by atoms with Gasteiger partial charge >= 0.3 is 5.97 Å². The molecule has 19 nitrogen and oxygen atoms in total. The van der Waals surface area contributed by atoms with Crippen molar-refractivity contribution >= 4 is 58.3 Å². The van der Waals surface area contributed by atoms with Gasteiger partial charge < -0.3 is 58.4 Å². The van der Waals surface area contributed by atoms with Crippen LogP contribution in [-0.4, -0.2) is 125 Å². The van der Waals surface area contributed by atoms with Crippen molar-refractivity contribution in [3.8, 4) is 0 Å². The van der Waals surface area contributed by atoms with Crippen LogP contribution in [0, 0.1) is 11.3 Å². The third kappa shape index (κ3) is 16.5. The van der Waals surface area contributed by atoms with E-state index in [2.05, 4.69) is 41.9 Å². The van der Waals surface area contributed by atoms with Crippen LogP contribution in [0.5, 0.6) is 0 Å². The zero-order chi connectivity index (χ0) is 46.9. The molecular weight excluding hydrogens is 811 g/mol. The first-order valence-electron chi connectivity index (χ1n) is 22.1. The Kier molecular flexibility index (Phi) is 20.3. The largest absolute Gasteiger partial charge is 0.480 e. The van der Waals surface area contributed by atoms with Crippen LogP contribution >= 0.6 is 0 Å². The van der Waals surface area contributed by atoms with Crippen molar-refractivity contribution in [1.29, 1.82) is 0 Å². The molecule has 1 saturated heterocycles. The highest BCUT2D eigenvalue weighted by Gasteiger charge is 2.41. The number of carbonyl (C=O) groups excluding carboxylic acids is 6. The Hall–Kier alpha value is -5.72. The average molecular weight is 882 g/mol. The van der Waals surface area contributed by atoms with E-state index in [1.807, 2.05) is 45.0 Å². The minimum absolute atomic E-state index is 0.00829. The topological polar surface area (TPSA) is 295 Å². The molecule has 1 aromatic carbocycles. The van der Waals surface area contributed by atoms with E-state index < -0.39 is 83.1 Å². The molecule has 12 N–H and O–H groups in total. The summed E-state index contributed by atoms with van der Waals surface area (Å²) < 4.78 is 0. The predicted molar refractivity (Wildman–Crippen MR) is 241 cm³/mol. The standard InChI is InChI=1S/C44H71N11O8/c1-8-47-20-12-11-17-31(50-27(4)56)37(57)51-32(18-13-21-48-43(45)46)41(61)55-22-14-19-35(55)39(59)52-33(24-28-25-49-30-16-10-9-15-29(28)30)38(58)54-36(44(5,6)7)40(60)53-34(42(62)63)23-26(2)3/h9-10,15-16,25-26,31-36,47,49H,8,11-14,17-24H2,1-7H3,(H,50,56)(H,51,57)(H,52,59)(H,53,60)(H,54,58)(H,62,63)(H4,45,46,48)/t31-,32-,33-,34-,35-,36+/m0/s1. The number of fused-ring (bicyclic) bond motifs is 1. The van der Waals surface area contributed by atoms with Gasteiger partial charge in [-0.15, -0.1) is 0 Å². The molecule has 19 heteroatoms. The molecular formula is C44H71N11O8. The van der Waals surface area contributed by atoms with Crippen LogP contribution in [0.25, 0.3) is 10.9 Å². The van der Waals surface area contributed by atoms with Crippen LogP contribution in [0.3, 0.4) is 0 Å². The molecule has 2 aromatic rings. The second kappa shape index (κ2) is 24.8. The first-order valence-corrected chi connectivity index (χ1v) is 22.1. The number of para-hydroxylation sites is 1. The lowest BCUT2D eigenvalue weighted by atomic mass is 9.85. The van der Waals surface area contributed by atoms with Gasteiger partial charge in [0, 0.05) is 43.5 Å². The summed E-state index contributed by atoms with van der Waals surface area (Å²) in [5, 5.41) is 27.7. The Morgan fingerprint density at radius 1 is 0.873 bits per heavy atom. The van der Waals surface area contributed by atoms with Gasteiger partial charge in [-0.3, -0.25) is 33.8 Å². The fourth-order valence-corrected chi connectivity index (χ4v) is 7.69. The highest BCUT2D eigenvalue weighted by atomic mass is 16.4. The summed E-state index contributed by atoms with van der Waals surface area (Å²) in [6.45, 7) is 14.1. The van der Waals surface area contributed by atoms with Gasteiger partial charge in [0.05, 0.1) is 0 Å². The number of carboxylic acid groups (broad SMARTS) is 1. The number of aliphatic imine (C=N–C) groups is 1. The Bertz CT molecular complexity index is 1900. The number of carbonyl (C=O) groups is 7. The van der Waals surface area contributed by atoms with Gasteiger partial charge in [0.1, 0.15) is 36.3 Å². The normalized spacial score (nSPS) is 16.3. The van der Waals surface area contributed by atoms with Gasteiger partial charge in [-0.05, 0) is 87.4 Å². The van der Waals surface area contributed by atoms with Crippen molar-refractivity contribution < 1.29 is 38.7 Å². The van der Waals surface area contributed by atoms with E-state index in [0.29, 0.717) is 31.2 Å². The minimum Gasteiger partial charge on any atom is -0.480 e. The fourth-order valence-electron chi connectivity index (χ4n) is 7.69. The number of unbranched alkanes of at least 4 members (excludes halogenated alkanes) is 1. The molecule has 3 rings (SSSR count). The molecule has 63 heavy (non-hydrogen) atoms. The maximum absolute atomic E-state index is 14.4. The molecule has 1 aliphatic rings. The number of aromatic nitrogens is 1. The van der Waals surface area contributed by atoms with Crippen LogP contribution in [0.2, 0.25) is 0 Å². The maximum atomic E-state index is 14.4. The first kappa shape index (κ1) is 51.6. The number of guanidine groups is 1. The summed E-state index contributed by atoms with van der Waals surface area (Å²) in [7, 11) is 0. The SMILES string of the molecule is CCNCCCC[C@H](NC(C)=O)C(=O)N[C@@H](CCCN=C(N)N)C(=O)N1CCC[C@H]1C(=O)N[C@@H](Cc1c[nH]c2ccccc12)C(=O)N[C@H](C(=O)N[C@@H](CC(C)C)C(=O)O)C(C)(C)C. The minimum atomic E-state index is -1.24. The predicted octanol–water partition coefficient (Wildman–Crippen LogP) is 1.16. The molecule has 1 aromatic heterocycles. The lowest BCUT2D eigenvalue weighted by molar-refractivity contribution is -0.143. The maximum Gasteiger partial charge on any atom is 0.326 e. The number of amides is 6. The first-order chi connectivity index (χ1) is 29.7. The van der Waals surface area contributed by atoms with E-state index in [1.54, 1.807) is 27.0 Å². The quantitative estimate of drug-likeness (QED) is 0.0384. The fraction of sp³-hybridized carbons (Fsp3) is 0.636. The van der Waals surface area contributed by atoms with E-state index in [-0.39, 0.29) is 50.7 Å². The number of hydrogen-bond acceptors (Lipinski definition) is 9. The van der Waals surface area contributed by atoms with Crippen LogP contribution in [-0.2, 0) is 40.0 Å². The smallest absolute Gasteiger partial charge is 0.326 e. The number of likely N-dealkylation sites (tertiary alicyclic amines) is 1. The number of H-pyrrole nitrogens is 1. The average Bonchev–Trinajstić information content (AvgIpc) is 3.86. The van der Waals surface area contributed by atoms with Gasteiger partial charge in [-0.1, -0.05) is 59.7 Å². The summed E-state index contributed by atoms with van der Waals surface area (Å²) in [5.41, 5.74) is 11.7. The molecule has 2 heterocycles. The van der Waals surface area contributed by atoms with Crippen LogP contribution in [0.4, 0.5) is 0 Å². The second-order valence-electron chi connectivity index (χ2n) is 17.8. The van der Waals surface area contributed by atoms with E-state index in [9.17, 15) is 38.7 Å². The Morgan fingerprint density at radius 2 is 1.54 bits per heavy atom. The van der Waals surface area contributed by atoms with Crippen molar-refractivity contribution in [2.45, 2.75) is 143 Å². The van der Waals surface area contributed by atoms with Crippen molar-refractivity contribution in [2.24, 2.45) is 27.8 Å². The molecule has 6 atom stereocenters. The van der Waals surface area contributed by atoms with Gasteiger partial charge in [-0.2, -0.15) is 0 Å². The zero-order valence-corrected chi connectivity index (χ0v) is 38.0. The summed E-state index contributed by atoms with van der Waals surface area (Å²) in [4.78, 5) is 103. The molecule has 0 aliphatic carbocycles. The Labute approximate surface area is 370 Å². The van der Waals surface area contributed by atoms with Crippen molar-refractivity contribution in [2.75, 3.05) is 26.2 Å². The van der Waals surface area contributed by atoms with Crippen molar-refractivity contribution in [1.82, 2.24) is 41.8 Å². The lowest BCUT2D eigenvalue weighted by Crippen LogP contribution is -2.61. The second-order valence-corrected chi connectivity index (χ2v) is 17.8. The Morgan fingerprint density at radius 3 is 2.17 bits per heavy atom. The number of rotatable bonds is 25. The van der Waals surface area contributed by atoms with Gasteiger partial charge in [0.25, 0.3) is 0 Å². The number of nitrogens with zero attached hydrogens (tertiary/aromatic N) is 2. The van der Waals surface area contributed by atoms with Gasteiger partial charge in [0.15, 0.2) is 5.96 Å². The number of carboxylic acids is 1. The summed E-state index contributed by atoms with van der Waals surface area (Å²) in [5.74, 6) is -4.80. The molecule has 0 saturated carbocycles.